The maximum Gasteiger partial charge on any atom is 0.433 e. The molecule has 3 nitrogen and oxygen atoms in total. The highest BCUT2D eigenvalue weighted by Crippen LogP contribution is 2.36. The van der Waals surface area contributed by atoms with E-state index in [1.807, 2.05) is 0 Å². The van der Waals surface area contributed by atoms with Crippen LogP contribution >= 0.6 is 22.6 Å². The van der Waals surface area contributed by atoms with Gasteiger partial charge in [0.15, 0.2) is 0 Å². The summed E-state index contributed by atoms with van der Waals surface area (Å²) in [4.78, 5) is 14.1. The van der Waals surface area contributed by atoms with Crippen LogP contribution in [0, 0.1) is 3.57 Å². The molecule has 0 saturated heterocycles. The summed E-state index contributed by atoms with van der Waals surface area (Å²) < 4.78 is 67.3. The van der Waals surface area contributed by atoms with E-state index in [9.17, 15) is 26.7 Å². The highest BCUT2D eigenvalue weighted by molar-refractivity contribution is 14.1. The molecule has 0 aliphatic carbocycles. The van der Waals surface area contributed by atoms with Crippen molar-refractivity contribution in [3.63, 3.8) is 0 Å². The van der Waals surface area contributed by atoms with E-state index < -0.39 is 41.8 Å². The van der Waals surface area contributed by atoms with Gasteiger partial charge in [-0.25, -0.2) is 8.78 Å². The number of nitrogens with zero attached hydrogens (tertiary/aromatic N) is 1. The lowest BCUT2D eigenvalue weighted by Crippen LogP contribution is -2.18. The second-order valence-electron chi connectivity index (χ2n) is 3.41. The molecule has 0 N–H and O–H groups in total. The van der Waals surface area contributed by atoms with Crippen molar-refractivity contribution < 1.29 is 31.5 Å². The number of pyridine rings is 1. The number of alkyl halides is 5. The molecule has 1 rings (SSSR count). The van der Waals surface area contributed by atoms with E-state index in [4.69, 9.17) is 0 Å². The summed E-state index contributed by atoms with van der Waals surface area (Å²) in [5, 5.41) is 0. The first-order valence-corrected chi connectivity index (χ1v) is 5.85. The van der Waals surface area contributed by atoms with Gasteiger partial charge in [0.25, 0.3) is 6.43 Å². The maximum atomic E-state index is 12.7. The van der Waals surface area contributed by atoms with Crippen molar-refractivity contribution in [1.29, 1.82) is 0 Å². The van der Waals surface area contributed by atoms with Gasteiger partial charge in [0.1, 0.15) is 5.69 Å². The van der Waals surface area contributed by atoms with E-state index in [1.54, 1.807) is 0 Å². The Bertz CT molecular complexity index is 490. The first-order chi connectivity index (χ1) is 8.68. The molecular formula is C10H7F5INO2. The monoisotopic (exact) mass is 395 g/mol. The van der Waals surface area contributed by atoms with Gasteiger partial charge in [-0.3, -0.25) is 9.78 Å². The van der Waals surface area contributed by atoms with Crippen LogP contribution in [0.25, 0.3) is 0 Å². The van der Waals surface area contributed by atoms with E-state index in [1.165, 1.54) is 22.6 Å². The normalized spacial score (nSPS) is 11.8. The SMILES string of the molecule is COC(=O)Cc1c(C(F)(F)F)ncc(C(F)F)c1I. The lowest BCUT2D eigenvalue weighted by Gasteiger charge is -2.15. The van der Waals surface area contributed by atoms with Crippen LogP contribution in [-0.4, -0.2) is 18.1 Å². The number of halogens is 6. The van der Waals surface area contributed by atoms with Crippen molar-refractivity contribution in [2.75, 3.05) is 7.11 Å². The third-order valence-electron chi connectivity index (χ3n) is 2.19. The summed E-state index contributed by atoms with van der Waals surface area (Å²) in [7, 11) is 0.993. The first kappa shape index (κ1) is 16.1. The third-order valence-corrected chi connectivity index (χ3v) is 3.46. The summed E-state index contributed by atoms with van der Waals surface area (Å²) >= 11 is 1.34. The molecule has 19 heavy (non-hydrogen) atoms. The average Bonchev–Trinajstić information content (AvgIpc) is 2.29. The highest BCUT2D eigenvalue weighted by atomic mass is 127. The molecule has 0 fully saturated rings. The Morgan fingerprint density at radius 1 is 1.47 bits per heavy atom. The summed E-state index contributed by atoms with van der Waals surface area (Å²) in [5.74, 6) is -0.961. The molecule has 0 saturated carbocycles. The molecule has 1 aromatic heterocycles. The van der Waals surface area contributed by atoms with Gasteiger partial charge in [-0.1, -0.05) is 0 Å². The van der Waals surface area contributed by atoms with Crippen LogP contribution in [0.1, 0.15) is 23.2 Å². The predicted octanol–water partition coefficient (Wildman–Crippen LogP) is 3.36. The first-order valence-electron chi connectivity index (χ1n) is 4.78. The molecule has 0 amide bonds. The van der Waals surface area contributed by atoms with Crippen molar-refractivity contribution in [2.24, 2.45) is 0 Å². The van der Waals surface area contributed by atoms with Crippen LogP contribution in [-0.2, 0) is 22.1 Å². The number of rotatable bonds is 3. The lowest BCUT2D eigenvalue weighted by atomic mass is 10.1. The second kappa shape index (κ2) is 5.97. The Morgan fingerprint density at radius 2 is 2.05 bits per heavy atom. The molecule has 0 aromatic carbocycles. The van der Waals surface area contributed by atoms with Crippen LogP contribution in [0.5, 0.6) is 0 Å². The molecule has 9 heteroatoms. The van der Waals surface area contributed by atoms with Gasteiger partial charge < -0.3 is 4.74 Å². The number of aromatic nitrogens is 1. The maximum absolute atomic E-state index is 12.7. The quantitative estimate of drug-likeness (QED) is 0.448. The van der Waals surface area contributed by atoms with Crippen LogP contribution in [0.15, 0.2) is 6.20 Å². The van der Waals surface area contributed by atoms with Gasteiger partial charge >= 0.3 is 12.1 Å². The topological polar surface area (TPSA) is 39.2 Å². The Labute approximate surface area is 118 Å². The molecule has 1 aromatic rings. The fourth-order valence-corrected chi connectivity index (χ4v) is 2.14. The van der Waals surface area contributed by atoms with Gasteiger partial charge in [0, 0.05) is 20.9 Å². The molecule has 0 radical (unpaired) electrons. The van der Waals surface area contributed by atoms with Gasteiger partial charge in [-0.15, -0.1) is 0 Å². The van der Waals surface area contributed by atoms with E-state index in [2.05, 4.69) is 9.72 Å². The van der Waals surface area contributed by atoms with Crippen molar-refractivity contribution in [3.8, 4) is 0 Å². The number of carbonyl (C=O) groups excluding carboxylic acids is 1. The molecule has 0 aliphatic rings. The van der Waals surface area contributed by atoms with E-state index in [0.29, 0.717) is 6.20 Å². The van der Waals surface area contributed by atoms with E-state index >= 15 is 0 Å². The zero-order valence-electron chi connectivity index (χ0n) is 9.39. The number of ether oxygens (including phenoxy) is 1. The summed E-state index contributed by atoms with van der Waals surface area (Å²) in [6.45, 7) is 0. The van der Waals surface area contributed by atoms with Gasteiger partial charge in [-0.2, -0.15) is 13.2 Å². The Balaban J connectivity index is 3.42. The lowest BCUT2D eigenvalue weighted by molar-refractivity contribution is -0.143. The minimum absolute atomic E-state index is 0.333. The number of methoxy groups -OCH3 is 1. The van der Waals surface area contributed by atoms with Crippen LogP contribution in [0.3, 0.4) is 0 Å². The molecule has 0 bridgehead atoms. The van der Waals surface area contributed by atoms with Crippen LogP contribution in [0.2, 0.25) is 0 Å². The number of esters is 1. The zero-order chi connectivity index (χ0) is 14.8. The van der Waals surface area contributed by atoms with Crippen LogP contribution < -0.4 is 0 Å². The Kier molecular flexibility index (Phi) is 5.04. The molecular weight excluding hydrogens is 388 g/mol. The molecule has 106 valence electrons. The number of hydrogen-bond acceptors (Lipinski definition) is 3. The van der Waals surface area contributed by atoms with Crippen LogP contribution in [0.4, 0.5) is 22.0 Å². The fraction of sp³-hybridized carbons (Fsp3) is 0.400. The van der Waals surface area contributed by atoms with Crippen molar-refractivity contribution in [3.05, 3.63) is 26.6 Å². The smallest absolute Gasteiger partial charge is 0.433 e. The predicted molar refractivity (Wildman–Crippen MR) is 62.6 cm³/mol. The molecule has 0 atom stereocenters. The molecule has 1 heterocycles. The zero-order valence-corrected chi connectivity index (χ0v) is 11.6. The fourth-order valence-electron chi connectivity index (χ4n) is 1.32. The van der Waals surface area contributed by atoms with Gasteiger partial charge in [0.05, 0.1) is 13.5 Å². The summed E-state index contributed by atoms with van der Waals surface area (Å²) in [6, 6.07) is 0. The number of hydrogen-bond donors (Lipinski definition) is 0. The van der Waals surface area contributed by atoms with Crippen molar-refractivity contribution >= 4 is 28.6 Å². The molecule has 0 unspecified atom stereocenters. The average molecular weight is 395 g/mol. The van der Waals surface area contributed by atoms with Crippen molar-refractivity contribution in [2.45, 2.75) is 19.0 Å². The Morgan fingerprint density at radius 3 is 2.47 bits per heavy atom. The minimum atomic E-state index is -4.83. The van der Waals surface area contributed by atoms with E-state index in [0.717, 1.165) is 7.11 Å². The van der Waals surface area contributed by atoms with Gasteiger partial charge in [-0.05, 0) is 22.6 Å². The largest absolute Gasteiger partial charge is 0.469 e. The van der Waals surface area contributed by atoms with Crippen molar-refractivity contribution in [1.82, 2.24) is 4.98 Å². The second-order valence-corrected chi connectivity index (χ2v) is 4.48. The highest BCUT2D eigenvalue weighted by Gasteiger charge is 2.38. The minimum Gasteiger partial charge on any atom is -0.469 e. The summed E-state index contributed by atoms with van der Waals surface area (Å²) in [6.07, 6.45) is -8.10. The van der Waals surface area contributed by atoms with E-state index in [-0.39, 0.29) is 3.57 Å². The molecule has 0 aliphatic heterocycles. The summed E-state index contributed by atoms with van der Waals surface area (Å²) in [5.41, 5.74) is -2.60. The standard InChI is InChI=1S/C10H7F5INO2/c1-19-6(18)2-4-7(16)5(9(11)12)3-17-8(4)10(13,14)15/h3,9H,2H2,1H3. The van der Waals surface area contributed by atoms with Gasteiger partial charge in [0.2, 0.25) is 0 Å². The Hall–Kier alpha value is -1.00. The number of carbonyl (C=O) groups is 1. The molecule has 0 spiro atoms. The third kappa shape index (κ3) is 3.74.